The van der Waals surface area contributed by atoms with Gasteiger partial charge in [-0.25, -0.2) is 13.2 Å². The molecule has 1 aliphatic heterocycles. The van der Waals surface area contributed by atoms with Crippen molar-refractivity contribution in [3.8, 4) is 0 Å². The predicted octanol–water partition coefficient (Wildman–Crippen LogP) is 1.02. The Hall–Kier alpha value is -1.04. The van der Waals surface area contributed by atoms with Crippen molar-refractivity contribution in [3.63, 3.8) is 0 Å². The van der Waals surface area contributed by atoms with Gasteiger partial charge in [0, 0.05) is 0 Å². The van der Waals surface area contributed by atoms with Crippen LogP contribution in [0.1, 0.15) is 12.8 Å². The van der Waals surface area contributed by atoms with Crippen molar-refractivity contribution in [2.75, 3.05) is 11.5 Å². The van der Waals surface area contributed by atoms with Gasteiger partial charge in [-0.2, -0.15) is 0 Å². The Kier molecular flexibility index (Phi) is 5.13. The minimum atomic E-state index is -2.55. The SMILES string of the molecule is C=COC(=O)O.O=S1(=O)CCCC1. The smallest absolute Gasteiger partial charge is 0.449 e. The molecule has 0 unspecified atom stereocenters. The highest BCUT2D eigenvalue weighted by molar-refractivity contribution is 7.91. The van der Waals surface area contributed by atoms with Gasteiger partial charge in [0.15, 0.2) is 0 Å². The first-order valence-corrected chi connectivity index (χ1v) is 5.51. The Morgan fingerprint density at radius 3 is 1.92 bits per heavy atom. The summed E-state index contributed by atoms with van der Waals surface area (Å²) in [5.41, 5.74) is 0. The second kappa shape index (κ2) is 5.58. The summed E-state index contributed by atoms with van der Waals surface area (Å²) in [6.07, 6.45) is 1.28. The average Bonchev–Trinajstić information content (AvgIpc) is 2.35. The highest BCUT2D eigenvalue weighted by atomic mass is 32.2. The molecule has 0 atom stereocenters. The van der Waals surface area contributed by atoms with Gasteiger partial charge in [-0.05, 0) is 12.8 Å². The maximum atomic E-state index is 10.4. The molecule has 1 rings (SSSR count). The van der Waals surface area contributed by atoms with E-state index in [1.54, 1.807) is 0 Å². The predicted molar refractivity (Wildman–Crippen MR) is 47.2 cm³/mol. The third-order valence-corrected chi connectivity index (χ3v) is 3.17. The first kappa shape index (κ1) is 12.0. The zero-order chi connectivity index (χ0) is 10.3. The molecule has 0 aromatic carbocycles. The van der Waals surface area contributed by atoms with Gasteiger partial charge in [0.05, 0.1) is 17.8 Å². The van der Waals surface area contributed by atoms with Crippen LogP contribution in [0, 0.1) is 0 Å². The zero-order valence-electron chi connectivity index (χ0n) is 7.10. The molecule has 13 heavy (non-hydrogen) atoms. The van der Waals surface area contributed by atoms with Crippen LogP contribution in [0.2, 0.25) is 0 Å². The van der Waals surface area contributed by atoms with Gasteiger partial charge < -0.3 is 9.84 Å². The molecule has 76 valence electrons. The fraction of sp³-hybridized carbons (Fsp3) is 0.571. The van der Waals surface area contributed by atoms with E-state index in [1.807, 2.05) is 0 Å². The van der Waals surface area contributed by atoms with Crippen LogP contribution in [0.5, 0.6) is 0 Å². The van der Waals surface area contributed by atoms with E-state index in [0.29, 0.717) is 11.5 Å². The highest BCUT2D eigenvalue weighted by Gasteiger charge is 2.16. The van der Waals surface area contributed by atoms with Crippen molar-refractivity contribution >= 4 is 16.0 Å². The number of rotatable bonds is 1. The van der Waals surface area contributed by atoms with Crippen molar-refractivity contribution in [1.82, 2.24) is 0 Å². The number of hydrogen-bond donors (Lipinski definition) is 1. The molecule has 0 amide bonds. The zero-order valence-corrected chi connectivity index (χ0v) is 7.92. The van der Waals surface area contributed by atoms with Crippen molar-refractivity contribution in [3.05, 3.63) is 12.8 Å². The molecule has 0 aromatic heterocycles. The van der Waals surface area contributed by atoms with Crippen molar-refractivity contribution in [2.45, 2.75) is 12.8 Å². The Labute approximate surface area is 76.9 Å². The molecule has 0 bridgehead atoms. The summed E-state index contributed by atoms with van der Waals surface area (Å²) in [6, 6.07) is 0. The van der Waals surface area contributed by atoms with Gasteiger partial charge in [0.2, 0.25) is 0 Å². The summed E-state index contributed by atoms with van der Waals surface area (Å²) in [5.74, 6) is 0.847. The molecule has 0 saturated carbocycles. The fourth-order valence-corrected chi connectivity index (χ4v) is 2.31. The van der Waals surface area contributed by atoms with Crippen LogP contribution in [0.15, 0.2) is 12.8 Å². The van der Waals surface area contributed by atoms with Crippen LogP contribution in [-0.4, -0.2) is 31.2 Å². The minimum Gasteiger partial charge on any atom is -0.449 e. The van der Waals surface area contributed by atoms with E-state index in [4.69, 9.17) is 5.11 Å². The van der Waals surface area contributed by atoms with Gasteiger partial charge in [0.1, 0.15) is 9.84 Å². The fourth-order valence-electron chi connectivity index (χ4n) is 0.817. The van der Waals surface area contributed by atoms with Gasteiger partial charge in [-0.1, -0.05) is 6.58 Å². The molecule has 0 aliphatic carbocycles. The van der Waals surface area contributed by atoms with E-state index in [2.05, 4.69) is 11.3 Å². The lowest BCUT2D eigenvalue weighted by molar-refractivity contribution is 0.128. The maximum Gasteiger partial charge on any atom is 0.510 e. The molecule has 1 N–H and O–H groups in total. The quantitative estimate of drug-likeness (QED) is 0.514. The van der Waals surface area contributed by atoms with E-state index in [1.165, 1.54) is 0 Å². The standard InChI is InChI=1S/C4H8O2S.C3H4O3/c5-7(6)3-1-2-4-7;1-2-6-3(4)5/h1-4H2;2H,1H2,(H,4,5). The number of sulfone groups is 1. The molecule has 1 heterocycles. The van der Waals surface area contributed by atoms with Crippen molar-refractivity contribution in [1.29, 1.82) is 0 Å². The lowest BCUT2D eigenvalue weighted by atomic mass is 10.4. The molecule has 1 saturated heterocycles. The van der Waals surface area contributed by atoms with E-state index >= 15 is 0 Å². The van der Waals surface area contributed by atoms with Crippen LogP contribution in [0.25, 0.3) is 0 Å². The van der Waals surface area contributed by atoms with Crippen LogP contribution >= 0.6 is 0 Å². The minimum absolute atomic E-state index is 0.424. The Morgan fingerprint density at radius 1 is 1.38 bits per heavy atom. The lowest BCUT2D eigenvalue weighted by Crippen LogP contribution is -1.98. The number of carbonyl (C=O) groups is 1. The normalized spacial score (nSPS) is 18.2. The van der Waals surface area contributed by atoms with Crippen LogP contribution in [-0.2, 0) is 14.6 Å². The van der Waals surface area contributed by atoms with Crippen LogP contribution in [0.4, 0.5) is 4.79 Å². The van der Waals surface area contributed by atoms with Crippen molar-refractivity contribution in [2.24, 2.45) is 0 Å². The number of carboxylic acid groups (broad SMARTS) is 1. The summed E-state index contributed by atoms with van der Waals surface area (Å²) < 4.78 is 24.6. The summed E-state index contributed by atoms with van der Waals surface area (Å²) in [6.45, 7) is 3.00. The number of ether oxygens (including phenoxy) is 1. The molecule has 0 spiro atoms. The van der Waals surface area contributed by atoms with E-state index in [0.717, 1.165) is 19.1 Å². The molecule has 0 radical (unpaired) electrons. The van der Waals surface area contributed by atoms with Gasteiger partial charge in [0.25, 0.3) is 0 Å². The summed E-state index contributed by atoms with van der Waals surface area (Å²) in [4.78, 5) is 9.31. The van der Waals surface area contributed by atoms with Gasteiger partial charge >= 0.3 is 6.16 Å². The largest absolute Gasteiger partial charge is 0.510 e. The third-order valence-electron chi connectivity index (χ3n) is 1.34. The summed E-state index contributed by atoms with van der Waals surface area (Å²) >= 11 is 0. The first-order chi connectivity index (χ1) is 5.98. The lowest BCUT2D eigenvalue weighted by Gasteiger charge is -1.81. The summed E-state index contributed by atoms with van der Waals surface area (Å²) in [7, 11) is -2.55. The van der Waals surface area contributed by atoms with E-state index in [9.17, 15) is 13.2 Å². The van der Waals surface area contributed by atoms with E-state index in [-0.39, 0.29) is 0 Å². The molecular formula is C7H12O5S. The summed E-state index contributed by atoms with van der Waals surface area (Å²) in [5, 5.41) is 7.62. The maximum absolute atomic E-state index is 10.4. The molecule has 1 fully saturated rings. The van der Waals surface area contributed by atoms with Crippen LogP contribution in [0.3, 0.4) is 0 Å². The highest BCUT2D eigenvalue weighted by Crippen LogP contribution is 2.08. The van der Waals surface area contributed by atoms with Crippen LogP contribution < -0.4 is 0 Å². The topological polar surface area (TPSA) is 80.7 Å². The van der Waals surface area contributed by atoms with E-state index < -0.39 is 16.0 Å². The second-order valence-electron chi connectivity index (χ2n) is 2.41. The Morgan fingerprint density at radius 2 is 1.85 bits per heavy atom. The van der Waals surface area contributed by atoms with Crippen molar-refractivity contribution < 1.29 is 23.1 Å². The Bertz CT molecular complexity index is 255. The second-order valence-corrected chi connectivity index (χ2v) is 4.71. The van der Waals surface area contributed by atoms with Gasteiger partial charge in [-0.15, -0.1) is 0 Å². The Balaban J connectivity index is 0.000000226. The van der Waals surface area contributed by atoms with Gasteiger partial charge in [-0.3, -0.25) is 0 Å². The third kappa shape index (κ3) is 7.32. The molecule has 1 aliphatic rings. The first-order valence-electron chi connectivity index (χ1n) is 3.69. The molecule has 5 nitrogen and oxygen atoms in total. The molecule has 6 heteroatoms. The number of hydrogen-bond acceptors (Lipinski definition) is 4. The average molecular weight is 208 g/mol. The molecule has 0 aromatic rings. The monoisotopic (exact) mass is 208 g/mol. The molecular weight excluding hydrogens is 196 g/mol.